The largest absolute Gasteiger partial charge is 0.319 e. The number of hydrogen-bond donors (Lipinski definition) is 1. The molecule has 3 aliphatic rings. The van der Waals surface area contributed by atoms with Gasteiger partial charge in [0.05, 0.1) is 12.4 Å². The number of aldehydes is 1. The second-order valence-electron chi connectivity index (χ2n) is 13.0. The van der Waals surface area contributed by atoms with Crippen LogP contribution in [0.4, 0.5) is 4.39 Å². The van der Waals surface area contributed by atoms with E-state index in [2.05, 4.69) is 47.2 Å². The molecule has 4 heteroatoms. The van der Waals surface area contributed by atoms with Gasteiger partial charge in [0.1, 0.15) is 6.29 Å². The SMILES string of the molecule is C=C/C=C(C=O)\C=C(/C)F.CC.CC[C@@H](CC1CCCC2(C)C(CCCOS)CCC12)C1CCCCC1(C)C. The van der Waals surface area contributed by atoms with Crippen LogP contribution in [0.25, 0.3) is 0 Å². The molecule has 0 aromatic heterocycles. The fraction of sp³-hybridized carbons (Fsp3) is 0.800. The molecule has 0 amide bonds. The zero-order valence-electron chi connectivity index (χ0n) is 26.4. The Labute approximate surface area is 247 Å². The Morgan fingerprint density at radius 3 is 2.38 bits per heavy atom. The molecule has 226 valence electrons. The Bertz CT molecular complexity index is 769. The van der Waals surface area contributed by atoms with Gasteiger partial charge in [-0.15, -0.1) is 0 Å². The number of thiol groups is 1. The number of carbonyl (C=O) groups is 1. The molecule has 3 fully saturated rings. The third-order valence-electron chi connectivity index (χ3n) is 10.4. The van der Waals surface area contributed by atoms with E-state index >= 15 is 0 Å². The molecule has 3 aliphatic carbocycles. The third kappa shape index (κ3) is 10.8. The number of carbonyl (C=O) groups excluding carboxylic acids is 1. The van der Waals surface area contributed by atoms with E-state index in [1.54, 1.807) is 0 Å². The quantitative estimate of drug-likeness (QED) is 0.0674. The van der Waals surface area contributed by atoms with Gasteiger partial charge in [0, 0.05) is 5.57 Å². The number of fused-ring (bicyclic) bond motifs is 1. The molecule has 39 heavy (non-hydrogen) atoms. The highest BCUT2D eigenvalue weighted by Gasteiger charge is 2.51. The van der Waals surface area contributed by atoms with Gasteiger partial charge in [-0.05, 0) is 118 Å². The summed E-state index contributed by atoms with van der Waals surface area (Å²) >= 11 is 3.94. The van der Waals surface area contributed by atoms with Crippen LogP contribution in [0.5, 0.6) is 0 Å². The minimum atomic E-state index is -0.389. The molecule has 5 unspecified atom stereocenters. The van der Waals surface area contributed by atoms with Crippen LogP contribution in [-0.4, -0.2) is 12.9 Å². The van der Waals surface area contributed by atoms with Gasteiger partial charge in [-0.1, -0.05) is 92.4 Å². The Morgan fingerprint density at radius 2 is 1.82 bits per heavy atom. The topological polar surface area (TPSA) is 26.3 Å². The van der Waals surface area contributed by atoms with Crippen LogP contribution in [0.1, 0.15) is 132 Å². The first kappa shape index (κ1) is 36.2. The normalized spacial score (nSPS) is 31.1. The highest BCUT2D eigenvalue weighted by Crippen LogP contribution is 2.60. The fourth-order valence-electron chi connectivity index (χ4n) is 8.49. The molecule has 0 radical (unpaired) electrons. The van der Waals surface area contributed by atoms with Crippen molar-refractivity contribution in [1.29, 1.82) is 0 Å². The van der Waals surface area contributed by atoms with Gasteiger partial charge in [0.15, 0.2) is 0 Å². The third-order valence-corrected chi connectivity index (χ3v) is 10.5. The van der Waals surface area contributed by atoms with Crippen LogP contribution in [0.3, 0.4) is 0 Å². The molecule has 6 atom stereocenters. The van der Waals surface area contributed by atoms with E-state index in [4.69, 9.17) is 4.18 Å². The lowest BCUT2D eigenvalue weighted by Crippen LogP contribution is -2.40. The summed E-state index contributed by atoms with van der Waals surface area (Å²) in [6.45, 7) is 19.7. The molecule has 0 saturated heterocycles. The molecule has 0 aliphatic heterocycles. The van der Waals surface area contributed by atoms with E-state index in [0.29, 0.717) is 17.1 Å². The minimum Gasteiger partial charge on any atom is -0.319 e. The zero-order chi connectivity index (χ0) is 29.5. The van der Waals surface area contributed by atoms with Crippen LogP contribution in [-0.2, 0) is 8.98 Å². The van der Waals surface area contributed by atoms with Gasteiger partial charge in [0.2, 0.25) is 0 Å². The zero-order valence-corrected chi connectivity index (χ0v) is 27.3. The first-order chi connectivity index (χ1) is 18.6. The van der Waals surface area contributed by atoms with Crippen molar-refractivity contribution in [2.24, 2.45) is 40.4 Å². The average molecular weight is 565 g/mol. The summed E-state index contributed by atoms with van der Waals surface area (Å²) in [4.78, 5) is 10.1. The molecule has 0 heterocycles. The van der Waals surface area contributed by atoms with Crippen LogP contribution < -0.4 is 0 Å². The Kier molecular flexibility index (Phi) is 17.2. The minimum absolute atomic E-state index is 0.287. The number of rotatable bonds is 11. The standard InChI is InChI=1S/C25H46OS.C8H9FO.C2H6/c1-5-19(22-12-6-7-15-24(22,2)3)18-20-10-8-16-25(4)21(11-9-17-26-27)13-14-23(20)25;1-3-4-8(6-10)5-7(2)9;1-2/h19-23,27H,5-18H2,1-4H3;3-6H,1H2,2H3;1-2H3/b;7-5+,8-4+;/t19-,20?,21?,22?,23?,25?;;/m0../s1. The summed E-state index contributed by atoms with van der Waals surface area (Å²) in [6.07, 6.45) is 23.4. The van der Waals surface area contributed by atoms with Gasteiger partial charge in [0.25, 0.3) is 0 Å². The van der Waals surface area contributed by atoms with E-state index < -0.39 is 0 Å². The van der Waals surface area contributed by atoms with Crippen LogP contribution in [0, 0.1) is 40.4 Å². The average Bonchev–Trinajstić information content (AvgIpc) is 3.25. The fourth-order valence-corrected chi connectivity index (χ4v) is 8.62. The van der Waals surface area contributed by atoms with Crippen LogP contribution in [0.15, 0.2) is 36.2 Å². The van der Waals surface area contributed by atoms with Gasteiger partial charge in [-0.2, -0.15) is 0 Å². The van der Waals surface area contributed by atoms with Crippen molar-refractivity contribution >= 4 is 19.2 Å². The number of allylic oxidation sites excluding steroid dienone is 5. The van der Waals surface area contributed by atoms with Crippen molar-refractivity contribution in [2.75, 3.05) is 6.61 Å². The first-order valence-electron chi connectivity index (χ1n) is 16.0. The predicted octanol–water partition coefficient (Wildman–Crippen LogP) is 11.3. The van der Waals surface area contributed by atoms with Crippen LogP contribution in [0.2, 0.25) is 0 Å². The molecule has 0 aromatic rings. The molecule has 0 bridgehead atoms. The molecule has 0 N–H and O–H groups in total. The van der Waals surface area contributed by atoms with E-state index in [-0.39, 0.29) is 11.4 Å². The molecular formula is C35H61FO2S. The van der Waals surface area contributed by atoms with E-state index in [1.165, 1.54) is 103 Å². The van der Waals surface area contributed by atoms with E-state index in [1.807, 2.05) is 13.8 Å². The molecule has 0 spiro atoms. The van der Waals surface area contributed by atoms with Crippen molar-refractivity contribution in [2.45, 2.75) is 132 Å². The monoisotopic (exact) mass is 564 g/mol. The first-order valence-corrected chi connectivity index (χ1v) is 16.4. The summed E-state index contributed by atoms with van der Waals surface area (Å²) in [5.74, 6) is 4.46. The Hall–Kier alpha value is -0.870. The number of hydrogen-bond acceptors (Lipinski definition) is 3. The van der Waals surface area contributed by atoms with Gasteiger partial charge in [-0.25, -0.2) is 4.39 Å². The van der Waals surface area contributed by atoms with Crippen molar-refractivity contribution in [3.63, 3.8) is 0 Å². The van der Waals surface area contributed by atoms with Crippen molar-refractivity contribution in [3.8, 4) is 0 Å². The Balaban J connectivity index is 0.000000537. The maximum absolute atomic E-state index is 12.1. The van der Waals surface area contributed by atoms with Crippen molar-refractivity contribution in [3.05, 3.63) is 36.2 Å². The summed E-state index contributed by atoms with van der Waals surface area (Å²) in [5.41, 5.74) is 1.47. The van der Waals surface area contributed by atoms with Crippen LogP contribution >= 0.6 is 12.9 Å². The lowest BCUT2D eigenvalue weighted by Gasteiger charge is -2.49. The maximum Gasteiger partial charge on any atom is 0.150 e. The summed E-state index contributed by atoms with van der Waals surface area (Å²) in [7, 11) is 0. The highest BCUT2D eigenvalue weighted by molar-refractivity contribution is 7.75. The highest BCUT2D eigenvalue weighted by atomic mass is 32.1. The number of halogens is 1. The molecule has 3 saturated carbocycles. The predicted molar refractivity (Wildman–Crippen MR) is 171 cm³/mol. The second-order valence-corrected chi connectivity index (χ2v) is 13.3. The Morgan fingerprint density at radius 1 is 1.10 bits per heavy atom. The van der Waals surface area contributed by atoms with Crippen molar-refractivity contribution < 1.29 is 13.4 Å². The van der Waals surface area contributed by atoms with E-state index in [9.17, 15) is 9.18 Å². The van der Waals surface area contributed by atoms with E-state index in [0.717, 1.165) is 42.3 Å². The lowest BCUT2D eigenvalue weighted by molar-refractivity contribution is -0.104. The van der Waals surface area contributed by atoms with Crippen molar-refractivity contribution in [1.82, 2.24) is 0 Å². The smallest absolute Gasteiger partial charge is 0.150 e. The maximum atomic E-state index is 12.1. The summed E-state index contributed by atoms with van der Waals surface area (Å²) in [5, 5.41) is 0. The molecule has 2 nitrogen and oxygen atoms in total. The molecule has 0 aromatic carbocycles. The molecular weight excluding hydrogens is 503 g/mol. The summed E-state index contributed by atoms with van der Waals surface area (Å²) < 4.78 is 17.1. The van der Waals surface area contributed by atoms with Gasteiger partial charge < -0.3 is 4.18 Å². The summed E-state index contributed by atoms with van der Waals surface area (Å²) in [6, 6.07) is 0. The lowest BCUT2D eigenvalue weighted by atomic mass is 9.56. The molecule has 3 rings (SSSR count). The van der Waals surface area contributed by atoms with Gasteiger partial charge in [-0.3, -0.25) is 4.79 Å². The second kappa shape index (κ2) is 18.5. The van der Waals surface area contributed by atoms with Gasteiger partial charge >= 0.3 is 0 Å².